The molecule has 4 nitrogen and oxygen atoms in total. The fourth-order valence-corrected chi connectivity index (χ4v) is 1.31. The van der Waals surface area contributed by atoms with Gasteiger partial charge in [0.05, 0.1) is 5.69 Å². The van der Waals surface area contributed by atoms with Crippen LogP contribution in [-0.2, 0) is 0 Å². The van der Waals surface area contributed by atoms with E-state index in [1.165, 1.54) is 6.21 Å². The molecular weight excluding hydrogens is 188 g/mol. The number of rotatable bonds is 1. The van der Waals surface area contributed by atoms with E-state index in [0.29, 0.717) is 16.5 Å². The lowest BCUT2D eigenvalue weighted by Crippen LogP contribution is -1.94. The molecule has 0 aromatic carbocycles. The van der Waals surface area contributed by atoms with E-state index < -0.39 is 0 Å². The van der Waals surface area contributed by atoms with Gasteiger partial charge in [-0.1, -0.05) is 11.6 Å². The smallest absolute Gasteiger partial charge is 0.154 e. The highest BCUT2D eigenvalue weighted by Crippen LogP contribution is 2.11. The van der Waals surface area contributed by atoms with Gasteiger partial charge >= 0.3 is 0 Å². The van der Waals surface area contributed by atoms with Crippen LogP contribution < -0.4 is 0 Å². The van der Waals surface area contributed by atoms with Crippen LogP contribution in [0.5, 0.6) is 0 Å². The van der Waals surface area contributed by atoms with Crippen molar-refractivity contribution in [3.05, 3.63) is 28.7 Å². The Balaban J connectivity index is 2.84. The van der Waals surface area contributed by atoms with Gasteiger partial charge in [0.1, 0.15) is 10.8 Å². The van der Waals surface area contributed by atoms with Crippen LogP contribution in [0.1, 0.15) is 11.4 Å². The maximum absolute atomic E-state index is 7.11. The van der Waals surface area contributed by atoms with Crippen molar-refractivity contribution in [2.45, 2.75) is 6.92 Å². The van der Waals surface area contributed by atoms with Gasteiger partial charge < -0.3 is 5.41 Å². The maximum Gasteiger partial charge on any atom is 0.154 e. The first-order valence-corrected chi connectivity index (χ1v) is 4.12. The zero-order chi connectivity index (χ0) is 9.42. The number of aromatic nitrogens is 3. The van der Waals surface area contributed by atoms with E-state index in [4.69, 9.17) is 17.0 Å². The third-order valence-corrected chi connectivity index (χ3v) is 2.04. The first-order valence-electron chi connectivity index (χ1n) is 3.75. The van der Waals surface area contributed by atoms with Gasteiger partial charge in [-0.15, -0.1) is 0 Å². The first-order chi connectivity index (χ1) is 6.22. The average Bonchev–Trinajstić information content (AvgIpc) is 2.44. The molecule has 0 bridgehead atoms. The molecule has 0 saturated heterocycles. The zero-order valence-electron chi connectivity index (χ0n) is 6.95. The summed E-state index contributed by atoms with van der Waals surface area (Å²) in [6.07, 6.45) is 1.21. The molecule has 0 radical (unpaired) electrons. The lowest BCUT2D eigenvalue weighted by Gasteiger charge is -1.94. The van der Waals surface area contributed by atoms with E-state index in [0.717, 1.165) is 5.69 Å². The summed E-state index contributed by atoms with van der Waals surface area (Å²) in [6, 6.07) is 3.45. The second kappa shape index (κ2) is 2.81. The van der Waals surface area contributed by atoms with E-state index in [9.17, 15) is 0 Å². The molecule has 0 saturated carbocycles. The van der Waals surface area contributed by atoms with Crippen molar-refractivity contribution in [3.8, 4) is 0 Å². The summed E-state index contributed by atoms with van der Waals surface area (Å²) in [4.78, 5) is 4.17. The Morgan fingerprint density at radius 3 is 3.00 bits per heavy atom. The van der Waals surface area contributed by atoms with Gasteiger partial charge in [-0.25, -0.2) is 9.50 Å². The van der Waals surface area contributed by atoms with Crippen LogP contribution in [0.25, 0.3) is 5.65 Å². The Morgan fingerprint density at radius 2 is 2.31 bits per heavy atom. The third kappa shape index (κ3) is 1.19. The molecule has 5 heteroatoms. The minimum absolute atomic E-state index is 0.421. The quantitative estimate of drug-likeness (QED) is 0.703. The minimum Gasteiger partial charge on any atom is -0.306 e. The molecule has 0 atom stereocenters. The van der Waals surface area contributed by atoms with Crippen LogP contribution in [0, 0.1) is 12.3 Å². The monoisotopic (exact) mass is 194 g/mol. The molecule has 66 valence electrons. The number of hydrogen-bond acceptors (Lipinski definition) is 3. The number of nitrogens with one attached hydrogen (secondary N) is 1. The normalized spacial score (nSPS) is 10.6. The van der Waals surface area contributed by atoms with Crippen LogP contribution in [0.15, 0.2) is 12.1 Å². The fourth-order valence-electron chi connectivity index (χ4n) is 1.17. The lowest BCUT2D eigenvalue weighted by molar-refractivity contribution is 0.899. The van der Waals surface area contributed by atoms with Crippen molar-refractivity contribution in [2.75, 3.05) is 0 Å². The Morgan fingerprint density at radius 1 is 1.54 bits per heavy atom. The van der Waals surface area contributed by atoms with Crippen LogP contribution in [0.4, 0.5) is 0 Å². The molecular formula is C8H7ClN4. The van der Waals surface area contributed by atoms with Gasteiger partial charge in [0.25, 0.3) is 0 Å². The van der Waals surface area contributed by atoms with Gasteiger partial charge in [0, 0.05) is 6.21 Å². The van der Waals surface area contributed by atoms with Crippen molar-refractivity contribution < 1.29 is 0 Å². The molecule has 2 aromatic rings. The largest absolute Gasteiger partial charge is 0.306 e. The second-order valence-electron chi connectivity index (χ2n) is 2.65. The first kappa shape index (κ1) is 8.19. The van der Waals surface area contributed by atoms with Crippen LogP contribution in [0.3, 0.4) is 0 Å². The number of nitrogens with zero attached hydrogens (tertiary/aromatic N) is 3. The summed E-state index contributed by atoms with van der Waals surface area (Å²) in [7, 11) is 0. The second-order valence-corrected chi connectivity index (χ2v) is 3.04. The predicted molar refractivity (Wildman–Crippen MR) is 50.6 cm³/mol. The third-order valence-electron chi connectivity index (χ3n) is 1.84. The molecule has 0 aliphatic carbocycles. The van der Waals surface area contributed by atoms with Gasteiger partial charge in [-0.05, 0) is 19.1 Å². The minimum atomic E-state index is 0.421. The summed E-state index contributed by atoms with van der Waals surface area (Å²) >= 11 is 5.73. The van der Waals surface area contributed by atoms with Crippen LogP contribution in [-0.4, -0.2) is 20.8 Å². The van der Waals surface area contributed by atoms with E-state index >= 15 is 0 Å². The molecule has 0 unspecified atom stereocenters. The molecule has 2 heterocycles. The fraction of sp³-hybridized carbons (Fsp3) is 0.125. The van der Waals surface area contributed by atoms with Gasteiger partial charge in [0.15, 0.2) is 5.65 Å². The molecule has 2 aromatic heterocycles. The number of fused-ring (bicyclic) bond motifs is 1. The molecule has 0 fully saturated rings. The molecule has 0 aliphatic heterocycles. The molecule has 1 N–H and O–H groups in total. The van der Waals surface area contributed by atoms with Crippen LogP contribution >= 0.6 is 11.6 Å². The number of halogens is 1. The summed E-state index contributed by atoms with van der Waals surface area (Å²) in [5, 5.41) is 11.6. The van der Waals surface area contributed by atoms with Crippen LogP contribution in [0.2, 0.25) is 5.15 Å². The van der Waals surface area contributed by atoms with E-state index in [1.54, 1.807) is 16.6 Å². The molecule has 2 rings (SSSR count). The lowest BCUT2D eigenvalue weighted by atomic mass is 10.4. The van der Waals surface area contributed by atoms with Crippen molar-refractivity contribution in [3.63, 3.8) is 0 Å². The standard InChI is InChI=1S/C8H7ClN4/c1-5-6(4-10)11-8-3-2-7(9)12-13(5)8/h2-4,10H,1H3. The topological polar surface area (TPSA) is 54.0 Å². The highest BCUT2D eigenvalue weighted by atomic mass is 35.5. The SMILES string of the molecule is Cc1c(C=N)nc2ccc(Cl)nn12. The summed E-state index contributed by atoms with van der Waals surface area (Å²) in [5.74, 6) is 0. The summed E-state index contributed by atoms with van der Waals surface area (Å²) in [5.41, 5.74) is 2.16. The van der Waals surface area contributed by atoms with E-state index in [1.807, 2.05) is 6.92 Å². The Bertz CT molecular complexity index is 474. The van der Waals surface area contributed by atoms with Crippen molar-refractivity contribution in [2.24, 2.45) is 0 Å². The van der Waals surface area contributed by atoms with E-state index in [-0.39, 0.29) is 0 Å². The van der Waals surface area contributed by atoms with Gasteiger partial charge in [-0.2, -0.15) is 5.10 Å². The van der Waals surface area contributed by atoms with Crippen molar-refractivity contribution in [1.29, 1.82) is 5.41 Å². The highest BCUT2D eigenvalue weighted by Gasteiger charge is 2.06. The Hall–Kier alpha value is -1.42. The van der Waals surface area contributed by atoms with Gasteiger partial charge in [-0.3, -0.25) is 0 Å². The number of aryl methyl sites for hydroxylation is 1. The predicted octanol–water partition coefficient (Wildman–Crippen LogP) is 1.69. The molecule has 0 aliphatic rings. The van der Waals surface area contributed by atoms with Crippen molar-refractivity contribution in [1.82, 2.24) is 14.6 Å². The maximum atomic E-state index is 7.11. The summed E-state index contributed by atoms with van der Waals surface area (Å²) in [6.45, 7) is 1.85. The molecule has 0 amide bonds. The molecule has 0 spiro atoms. The number of imidazole rings is 1. The van der Waals surface area contributed by atoms with E-state index in [2.05, 4.69) is 10.1 Å². The molecule has 13 heavy (non-hydrogen) atoms. The Kier molecular flexibility index (Phi) is 1.77. The van der Waals surface area contributed by atoms with Crippen molar-refractivity contribution >= 4 is 23.5 Å². The van der Waals surface area contributed by atoms with Gasteiger partial charge in [0.2, 0.25) is 0 Å². The highest BCUT2D eigenvalue weighted by molar-refractivity contribution is 6.29. The zero-order valence-corrected chi connectivity index (χ0v) is 7.71. The average molecular weight is 195 g/mol. The Labute approximate surface area is 79.7 Å². The summed E-state index contributed by atoms with van der Waals surface area (Å²) < 4.78 is 1.63. The number of hydrogen-bond donors (Lipinski definition) is 1.